The normalized spacial score (nSPS) is 25.0. The molecule has 134 valence electrons. The molecule has 1 aliphatic carbocycles. The number of piperidine rings is 1. The van der Waals surface area contributed by atoms with Gasteiger partial charge in [-0.2, -0.15) is 10.2 Å². The van der Waals surface area contributed by atoms with Crippen molar-refractivity contribution in [3.8, 4) is 17.5 Å². The topological polar surface area (TPSA) is 104 Å². The van der Waals surface area contributed by atoms with E-state index < -0.39 is 6.04 Å². The van der Waals surface area contributed by atoms with Gasteiger partial charge < -0.3 is 15.2 Å². The maximum Gasteiger partial charge on any atom is 0.238 e. The minimum absolute atomic E-state index is 0.0531. The molecule has 1 aromatic carbocycles. The number of hydrogen-bond acceptors (Lipinski definition) is 6. The van der Waals surface area contributed by atoms with Crippen LogP contribution >= 0.6 is 0 Å². The van der Waals surface area contributed by atoms with Gasteiger partial charge in [0.25, 0.3) is 0 Å². The molecule has 2 fully saturated rings. The highest BCUT2D eigenvalue weighted by molar-refractivity contribution is 5.83. The Kier molecular flexibility index (Phi) is 4.43. The van der Waals surface area contributed by atoms with E-state index in [1.165, 1.54) is 0 Å². The minimum atomic E-state index is -0.540. The van der Waals surface area contributed by atoms with Crippen LogP contribution < -0.4 is 10.6 Å². The Morgan fingerprint density at radius 3 is 2.81 bits per heavy atom. The molecule has 1 saturated heterocycles. The maximum atomic E-state index is 12.5. The molecular formula is C19H21N5O2. The van der Waals surface area contributed by atoms with Crippen LogP contribution in [-0.2, 0) is 11.2 Å². The summed E-state index contributed by atoms with van der Waals surface area (Å²) in [6.45, 7) is 1.75. The number of nitrogens with one attached hydrogen (secondary N) is 2. The van der Waals surface area contributed by atoms with Crippen molar-refractivity contribution < 1.29 is 9.32 Å². The van der Waals surface area contributed by atoms with Crippen molar-refractivity contribution in [2.45, 2.75) is 50.7 Å². The Bertz CT molecular complexity index is 838. The van der Waals surface area contributed by atoms with E-state index in [-0.39, 0.29) is 11.9 Å². The summed E-state index contributed by atoms with van der Waals surface area (Å²) in [6, 6.07) is 9.62. The Hall–Kier alpha value is -2.72. The second-order valence-electron chi connectivity index (χ2n) is 7.14. The lowest BCUT2D eigenvalue weighted by Gasteiger charge is -2.23. The molecular weight excluding hydrogens is 330 g/mol. The molecule has 3 unspecified atom stereocenters. The van der Waals surface area contributed by atoms with Gasteiger partial charge in [-0.05, 0) is 30.7 Å². The first kappa shape index (κ1) is 16.7. The van der Waals surface area contributed by atoms with E-state index >= 15 is 0 Å². The van der Waals surface area contributed by atoms with Gasteiger partial charge in [-0.3, -0.25) is 4.79 Å². The number of rotatable bonds is 5. The average molecular weight is 351 g/mol. The lowest BCUT2D eigenvalue weighted by atomic mass is 9.98. The Morgan fingerprint density at radius 1 is 1.42 bits per heavy atom. The van der Waals surface area contributed by atoms with Crippen LogP contribution in [0.1, 0.15) is 30.7 Å². The molecule has 7 heteroatoms. The van der Waals surface area contributed by atoms with Crippen LogP contribution in [0.15, 0.2) is 28.8 Å². The predicted molar refractivity (Wildman–Crippen MR) is 93.8 cm³/mol. The summed E-state index contributed by atoms with van der Waals surface area (Å²) in [5.41, 5.74) is 1.83. The first-order valence-corrected chi connectivity index (χ1v) is 8.98. The van der Waals surface area contributed by atoms with Crippen LogP contribution in [0.2, 0.25) is 0 Å². The van der Waals surface area contributed by atoms with Gasteiger partial charge in [-0.1, -0.05) is 29.4 Å². The number of aryl methyl sites for hydroxylation is 1. The largest absolute Gasteiger partial charge is 0.339 e. The van der Waals surface area contributed by atoms with Crippen molar-refractivity contribution in [1.82, 2.24) is 20.8 Å². The van der Waals surface area contributed by atoms with Crippen LogP contribution in [-0.4, -0.2) is 34.2 Å². The first-order valence-electron chi connectivity index (χ1n) is 8.98. The number of hydrogen-bond donors (Lipinski definition) is 2. The van der Waals surface area contributed by atoms with Gasteiger partial charge in [0.2, 0.25) is 17.6 Å². The fourth-order valence-electron chi connectivity index (χ4n) is 3.98. The van der Waals surface area contributed by atoms with Gasteiger partial charge in [-0.25, -0.2) is 0 Å². The number of nitrogens with zero attached hydrogens (tertiary/aromatic N) is 3. The number of aromatic nitrogens is 2. The third-order valence-corrected chi connectivity index (χ3v) is 5.29. The minimum Gasteiger partial charge on any atom is -0.339 e. The Labute approximate surface area is 151 Å². The van der Waals surface area contributed by atoms with Crippen molar-refractivity contribution in [3.05, 3.63) is 35.7 Å². The highest BCUT2D eigenvalue weighted by Gasteiger charge is 2.43. The lowest BCUT2D eigenvalue weighted by molar-refractivity contribution is -0.124. The summed E-state index contributed by atoms with van der Waals surface area (Å²) < 4.78 is 4.99. The van der Waals surface area contributed by atoms with Crippen LogP contribution in [0.4, 0.5) is 0 Å². The van der Waals surface area contributed by atoms with Crippen molar-refractivity contribution in [3.63, 3.8) is 0 Å². The molecule has 4 rings (SSSR count). The highest BCUT2D eigenvalue weighted by atomic mass is 16.5. The second-order valence-corrected chi connectivity index (χ2v) is 7.14. The number of nitriles is 1. The van der Waals surface area contributed by atoms with Gasteiger partial charge in [0.1, 0.15) is 6.04 Å². The molecule has 2 aliphatic rings. The van der Waals surface area contributed by atoms with E-state index in [0.717, 1.165) is 30.4 Å². The van der Waals surface area contributed by atoms with Crippen molar-refractivity contribution >= 4 is 5.91 Å². The SMILES string of the molecule is Cc1nc(-c2ccc(C[C@@H](C#N)NC(=O)C3NC4CCC3C4)cc2)no1. The number of benzene rings is 1. The lowest BCUT2D eigenvalue weighted by Crippen LogP contribution is -2.50. The number of fused-ring (bicyclic) bond motifs is 2. The molecule has 0 radical (unpaired) electrons. The number of amides is 1. The summed E-state index contributed by atoms with van der Waals surface area (Å²) in [5.74, 6) is 1.42. The molecule has 1 aliphatic heterocycles. The molecule has 4 atom stereocenters. The van der Waals surface area contributed by atoms with E-state index in [0.29, 0.717) is 30.1 Å². The molecule has 1 saturated carbocycles. The maximum absolute atomic E-state index is 12.5. The van der Waals surface area contributed by atoms with E-state index in [2.05, 4.69) is 26.8 Å². The van der Waals surface area contributed by atoms with Gasteiger partial charge in [0.15, 0.2) is 0 Å². The number of carbonyl (C=O) groups excluding carboxylic acids is 1. The molecule has 1 aromatic heterocycles. The van der Waals surface area contributed by atoms with Crippen molar-refractivity contribution in [2.24, 2.45) is 5.92 Å². The summed E-state index contributed by atoms with van der Waals surface area (Å²) in [4.78, 5) is 16.7. The molecule has 1 amide bonds. The third kappa shape index (κ3) is 3.33. The predicted octanol–water partition coefficient (Wildman–Crippen LogP) is 1.74. The molecule has 26 heavy (non-hydrogen) atoms. The Morgan fingerprint density at radius 2 is 2.23 bits per heavy atom. The van der Waals surface area contributed by atoms with Crippen LogP contribution in [0.25, 0.3) is 11.4 Å². The van der Waals surface area contributed by atoms with Crippen molar-refractivity contribution in [2.75, 3.05) is 0 Å². The first-order chi connectivity index (χ1) is 12.6. The monoisotopic (exact) mass is 351 g/mol. The fourth-order valence-corrected chi connectivity index (χ4v) is 3.98. The molecule has 2 heterocycles. The van der Waals surface area contributed by atoms with Gasteiger partial charge >= 0.3 is 0 Å². The quantitative estimate of drug-likeness (QED) is 0.850. The van der Waals surface area contributed by atoms with Gasteiger partial charge in [0.05, 0.1) is 12.1 Å². The van der Waals surface area contributed by atoms with Crippen LogP contribution in [0.3, 0.4) is 0 Å². The zero-order chi connectivity index (χ0) is 18.1. The number of carbonyl (C=O) groups is 1. The Balaban J connectivity index is 1.37. The van der Waals surface area contributed by atoms with Gasteiger partial charge in [-0.15, -0.1) is 0 Å². The molecule has 2 N–H and O–H groups in total. The third-order valence-electron chi connectivity index (χ3n) is 5.29. The van der Waals surface area contributed by atoms with E-state index in [4.69, 9.17) is 4.52 Å². The van der Waals surface area contributed by atoms with E-state index in [1.54, 1.807) is 6.92 Å². The average Bonchev–Trinajstić information content (AvgIpc) is 3.38. The summed E-state index contributed by atoms with van der Waals surface area (Å²) in [6.07, 6.45) is 3.80. The summed E-state index contributed by atoms with van der Waals surface area (Å²) in [7, 11) is 0. The standard InChI is InChI=1S/C19H21N5O2/c1-11-21-18(24-26-11)13-4-2-12(3-5-13)8-16(10-20)23-19(25)17-14-6-7-15(9-14)22-17/h2-5,14-17,22H,6-9H2,1H3,(H,23,25)/t14?,15?,16-,17?/m0/s1. The second kappa shape index (κ2) is 6.89. The molecule has 0 spiro atoms. The molecule has 7 nitrogen and oxygen atoms in total. The van der Waals surface area contributed by atoms with E-state index in [9.17, 15) is 10.1 Å². The summed E-state index contributed by atoms with van der Waals surface area (Å²) in [5, 5.41) is 19.6. The zero-order valence-corrected chi connectivity index (χ0v) is 14.6. The molecule has 2 aromatic rings. The zero-order valence-electron chi connectivity index (χ0n) is 14.6. The smallest absolute Gasteiger partial charge is 0.238 e. The molecule has 2 bridgehead atoms. The van der Waals surface area contributed by atoms with Gasteiger partial charge in [0, 0.05) is 24.9 Å². The van der Waals surface area contributed by atoms with Crippen LogP contribution in [0, 0.1) is 24.2 Å². The van der Waals surface area contributed by atoms with Crippen LogP contribution in [0.5, 0.6) is 0 Å². The fraction of sp³-hybridized carbons (Fsp3) is 0.474. The summed E-state index contributed by atoms with van der Waals surface area (Å²) >= 11 is 0. The van der Waals surface area contributed by atoms with Crippen molar-refractivity contribution in [1.29, 1.82) is 5.26 Å². The van der Waals surface area contributed by atoms with E-state index in [1.807, 2.05) is 24.3 Å². The highest BCUT2D eigenvalue weighted by Crippen LogP contribution is 2.35.